The van der Waals surface area contributed by atoms with Crippen molar-refractivity contribution in [2.24, 2.45) is 5.92 Å². The van der Waals surface area contributed by atoms with Crippen molar-refractivity contribution >= 4 is 17.7 Å². The summed E-state index contributed by atoms with van der Waals surface area (Å²) in [4.78, 5) is 12.0. The average Bonchev–Trinajstić information content (AvgIpc) is 2.46. The van der Waals surface area contributed by atoms with Crippen LogP contribution in [0.1, 0.15) is 46.0 Å². The van der Waals surface area contributed by atoms with Gasteiger partial charge >= 0.3 is 5.97 Å². The van der Waals surface area contributed by atoms with Crippen LogP contribution in [0, 0.1) is 5.92 Å². The molecule has 4 nitrogen and oxygen atoms in total. The maximum absolute atomic E-state index is 12.0. The number of rotatable bonds is 5. The zero-order chi connectivity index (χ0) is 15.3. The van der Waals surface area contributed by atoms with E-state index in [1.54, 1.807) is 0 Å². The quantitative estimate of drug-likeness (QED) is 0.790. The lowest BCUT2D eigenvalue weighted by molar-refractivity contribution is -0.145. The highest BCUT2D eigenvalue weighted by atomic mass is 32.2. The molecular formula is C16H29NO3S. The molecule has 2 unspecified atom stereocenters. The smallest absolute Gasteiger partial charge is 0.322 e. The van der Waals surface area contributed by atoms with E-state index in [0.717, 1.165) is 38.7 Å². The topological polar surface area (TPSA) is 47.6 Å². The molecule has 0 radical (unpaired) electrons. The summed E-state index contributed by atoms with van der Waals surface area (Å²) in [5, 5.41) is 3.55. The third-order valence-corrected chi connectivity index (χ3v) is 5.51. The van der Waals surface area contributed by atoms with Crippen LogP contribution in [0.2, 0.25) is 0 Å². The highest BCUT2D eigenvalue weighted by molar-refractivity contribution is 7.99. The number of hydrogen-bond donors (Lipinski definition) is 1. The van der Waals surface area contributed by atoms with Crippen LogP contribution in [0.15, 0.2) is 0 Å². The summed E-state index contributed by atoms with van der Waals surface area (Å²) in [6.45, 7) is 5.08. The van der Waals surface area contributed by atoms with Crippen LogP contribution in [-0.4, -0.2) is 48.9 Å². The van der Waals surface area contributed by atoms with Crippen LogP contribution in [0.4, 0.5) is 0 Å². The lowest BCUT2D eigenvalue weighted by Gasteiger charge is -2.44. The zero-order valence-corrected chi connectivity index (χ0v) is 14.3. The van der Waals surface area contributed by atoms with Crippen LogP contribution in [-0.2, 0) is 14.3 Å². The van der Waals surface area contributed by atoms with Gasteiger partial charge in [-0.15, -0.1) is 0 Å². The monoisotopic (exact) mass is 315 g/mol. The standard InChI is InChI=1S/C16H29NO3S/c1-12(2)10-14(15(18)19-3)17-13-4-7-20-16(11-13)5-8-21-9-6-16/h12-14,17H,4-11H2,1-3H3. The molecular weight excluding hydrogens is 286 g/mol. The van der Waals surface area contributed by atoms with E-state index < -0.39 is 0 Å². The van der Waals surface area contributed by atoms with Crippen molar-refractivity contribution in [1.29, 1.82) is 0 Å². The Bertz CT molecular complexity index is 337. The Morgan fingerprint density at radius 2 is 2.14 bits per heavy atom. The Labute approximate surface area is 132 Å². The minimum atomic E-state index is -0.187. The first-order valence-corrected chi connectivity index (χ1v) is 9.26. The summed E-state index contributed by atoms with van der Waals surface area (Å²) < 4.78 is 11.1. The molecule has 21 heavy (non-hydrogen) atoms. The van der Waals surface area contributed by atoms with Crippen LogP contribution >= 0.6 is 11.8 Å². The fourth-order valence-corrected chi connectivity index (χ4v) is 4.63. The Morgan fingerprint density at radius 1 is 1.43 bits per heavy atom. The summed E-state index contributed by atoms with van der Waals surface area (Å²) in [6.07, 6.45) is 5.12. The van der Waals surface area contributed by atoms with Gasteiger partial charge < -0.3 is 14.8 Å². The summed E-state index contributed by atoms with van der Waals surface area (Å²) in [5.74, 6) is 2.73. The molecule has 122 valence electrons. The van der Waals surface area contributed by atoms with E-state index in [2.05, 4.69) is 19.2 Å². The third kappa shape index (κ3) is 4.86. The summed E-state index contributed by atoms with van der Waals surface area (Å²) >= 11 is 2.02. The summed E-state index contributed by atoms with van der Waals surface area (Å²) in [5.41, 5.74) is 0.0552. The van der Waals surface area contributed by atoms with E-state index in [4.69, 9.17) is 9.47 Å². The van der Waals surface area contributed by atoms with Crippen molar-refractivity contribution in [2.75, 3.05) is 25.2 Å². The first-order chi connectivity index (χ1) is 10.0. The first kappa shape index (κ1) is 17.1. The van der Waals surface area contributed by atoms with Gasteiger partial charge in [-0.25, -0.2) is 0 Å². The fourth-order valence-electron chi connectivity index (χ4n) is 3.39. The minimum absolute atomic E-state index is 0.0552. The van der Waals surface area contributed by atoms with Crippen LogP contribution in [0.3, 0.4) is 0 Å². The second-order valence-electron chi connectivity index (χ2n) is 6.71. The van der Waals surface area contributed by atoms with Gasteiger partial charge in [0.25, 0.3) is 0 Å². The Kier molecular flexibility index (Phi) is 6.38. The molecule has 0 bridgehead atoms. The van der Waals surface area contributed by atoms with Crippen molar-refractivity contribution in [3.63, 3.8) is 0 Å². The second-order valence-corrected chi connectivity index (χ2v) is 7.93. The molecule has 5 heteroatoms. The van der Waals surface area contributed by atoms with Gasteiger partial charge in [-0.05, 0) is 49.5 Å². The van der Waals surface area contributed by atoms with Gasteiger partial charge in [0, 0.05) is 12.6 Å². The SMILES string of the molecule is COC(=O)C(CC(C)C)NC1CCOC2(CCSCC2)C1. The number of hydrogen-bond acceptors (Lipinski definition) is 5. The lowest BCUT2D eigenvalue weighted by atomic mass is 9.85. The number of thioether (sulfide) groups is 1. The van der Waals surface area contributed by atoms with Gasteiger partial charge in [0.1, 0.15) is 6.04 Å². The Balaban J connectivity index is 1.94. The molecule has 0 aromatic heterocycles. The second kappa shape index (κ2) is 7.84. The van der Waals surface area contributed by atoms with E-state index >= 15 is 0 Å². The van der Waals surface area contributed by atoms with Gasteiger partial charge in [-0.2, -0.15) is 11.8 Å². The van der Waals surface area contributed by atoms with Gasteiger partial charge in [0.2, 0.25) is 0 Å². The largest absolute Gasteiger partial charge is 0.468 e. The van der Waals surface area contributed by atoms with Crippen molar-refractivity contribution in [3.8, 4) is 0 Å². The highest BCUT2D eigenvalue weighted by Gasteiger charge is 2.39. The molecule has 2 heterocycles. The van der Waals surface area contributed by atoms with E-state index in [9.17, 15) is 4.79 Å². The Hall–Kier alpha value is -0.260. The van der Waals surface area contributed by atoms with Crippen LogP contribution in [0.25, 0.3) is 0 Å². The zero-order valence-electron chi connectivity index (χ0n) is 13.5. The molecule has 2 rings (SSSR count). The van der Waals surface area contributed by atoms with Crippen LogP contribution in [0.5, 0.6) is 0 Å². The molecule has 0 saturated carbocycles. The minimum Gasteiger partial charge on any atom is -0.468 e. The van der Waals surface area contributed by atoms with Gasteiger partial charge in [-0.1, -0.05) is 13.8 Å². The van der Waals surface area contributed by atoms with Gasteiger partial charge in [0.05, 0.1) is 12.7 Å². The molecule has 2 fully saturated rings. The van der Waals surface area contributed by atoms with E-state index in [1.807, 2.05) is 11.8 Å². The fraction of sp³-hybridized carbons (Fsp3) is 0.938. The maximum Gasteiger partial charge on any atom is 0.322 e. The number of carbonyl (C=O) groups is 1. The molecule has 2 aliphatic heterocycles. The molecule has 1 spiro atoms. The van der Waals surface area contributed by atoms with Crippen LogP contribution < -0.4 is 5.32 Å². The predicted molar refractivity (Wildman–Crippen MR) is 86.7 cm³/mol. The lowest BCUT2D eigenvalue weighted by Crippen LogP contribution is -2.53. The molecule has 2 aliphatic rings. The average molecular weight is 315 g/mol. The van der Waals surface area contributed by atoms with Gasteiger partial charge in [0.15, 0.2) is 0 Å². The Morgan fingerprint density at radius 3 is 2.76 bits per heavy atom. The first-order valence-electron chi connectivity index (χ1n) is 8.10. The van der Waals surface area contributed by atoms with Crippen molar-refractivity contribution in [1.82, 2.24) is 5.32 Å². The molecule has 2 saturated heterocycles. The molecule has 0 aromatic carbocycles. The predicted octanol–water partition coefficient (Wildman–Crippen LogP) is 2.61. The molecule has 0 aromatic rings. The third-order valence-electron chi connectivity index (χ3n) is 4.53. The van der Waals surface area contributed by atoms with Crippen molar-refractivity contribution < 1.29 is 14.3 Å². The summed E-state index contributed by atoms with van der Waals surface area (Å²) in [6, 6.07) is 0.179. The maximum atomic E-state index is 12.0. The highest BCUT2D eigenvalue weighted by Crippen LogP contribution is 2.37. The number of methoxy groups -OCH3 is 1. The van der Waals surface area contributed by atoms with Crippen molar-refractivity contribution in [2.45, 2.75) is 63.6 Å². The number of nitrogens with one attached hydrogen (secondary N) is 1. The normalized spacial score (nSPS) is 26.8. The van der Waals surface area contributed by atoms with Gasteiger partial charge in [-0.3, -0.25) is 4.79 Å². The van der Waals surface area contributed by atoms with E-state index in [1.165, 1.54) is 18.6 Å². The number of ether oxygens (including phenoxy) is 2. The van der Waals surface area contributed by atoms with E-state index in [-0.39, 0.29) is 17.6 Å². The molecule has 0 amide bonds. The van der Waals surface area contributed by atoms with Crippen molar-refractivity contribution in [3.05, 3.63) is 0 Å². The molecule has 0 aliphatic carbocycles. The molecule has 1 N–H and O–H groups in total. The van der Waals surface area contributed by atoms with E-state index in [0.29, 0.717) is 12.0 Å². The molecule has 2 atom stereocenters. The number of esters is 1. The number of carbonyl (C=O) groups excluding carboxylic acids is 1. The summed E-state index contributed by atoms with van der Waals surface area (Å²) in [7, 11) is 1.47.